The molecule has 2 aromatic carbocycles. The minimum atomic E-state index is -0.645. The van der Waals surface area contributed by atoms with Crippen molar-refractivity contribution in [1.29, 1.82) is 0 Å². The van der Waals surface area contributed by atoms with E-state index in [-0.39, 0.29) is 16.4 Å². The Kier molecular flexibility index (Phi) is 7.40. The molecule has 9 nitrogen and oxygen atoms in total. The standard InChI is InChI=1S/C18H18N4O5S/c1-2-10-27-15-8-6-12(7-9-15)17(24)20-21-18(28)19-16(23)13-4-3-5-14(11-13)22(25)26/h3-9,11H,2,10H2,1H3,(H,20,24)(H2,19,21,23,28). The van der Waals surface area contributed by atoms with Crippen molar-refractivity contribution in [2.75, 3.05) is 6.61 Å². The molecule has 2 amide bonds. The van der Waals surface area contributed by atoms with Crippen molar-refractivity contribution in [3.63, 3.8) is 0 Å². The number of thiocarbonyl (C=S) groups is 1. The molecule has 0 heterocycles. The van der Waals surface area contributed by atoms with Crippen LogP contribution < -0.4 is 20.9 Å². The molecule has 146 valence electrons. The first kappa shape index (κ1) is 20.8. The summed E-state index contributed by atoms with van der Waals surface area (Å²) in [4.78, 5) is 34.3. The van der Waals surface area contributed by atoms with Gasteiger partial charge in [0.05, 0.1) is 11.5 Å². The quantitative estimate of drug-likeness (QED) is 0.385. The number of nitrogens with zero attached hydrogens (tertiary/aromatic N) is 1. The van der Waals surface area contributed by atoms with Gasteiger partial charge < -0.3 is 4.74 Å². The summed E-state index contributed by atoms with van der Waals surface area (Å²) in [6.45, 7) is 2.58. The van der Waals surface area contributed by atoms with Crippen LogP contribution in [0.15, 0.2) is 48.5 Å². The van der Waals surface area contributed by atoms with Gasteiger partial charge in [-0.2, -0.15) is 0 Å². The van der Waals surface area contributed by atoms with E-state index in [2.05, 4.69) is 16.2 Å². The van der Waals surface area contributed by atoms with E-state index in [9.17, 15) is 19.7 Å². The fourth-order valence-corrected chi connectivity index (χ4v) is 2.22. The second-order valence-electron chi connectivity index (χ2n) is 5.54. The van der Waals surface area contributed by atoms with Crippen LogP contribution in [0.5, 0.6) is 5.75 Å². The highest BCUT2D eigenvalue weighted by atomic mass is 32.1. The third-order valence-electron chi connectivity index (χ3n) is 3.43. The molecule has 10 heteroatoms. The van der Waals surface area contributed by atoms with Gasteiger partial charge in [0.25, 0.3) is 17.5 Å². The van der Waals surface area contributed by atoms with E-state index in [0.29, 0.717) is 17.9 Å². The molecule has 0 saturated heterocycles. The predicted octanol–water partition coefficient (Wildman–Crippen LogP) is 2.33. The van der Waals surface area contributed by atoms with Gasteiger partial charge >= 0.3 is 0 Å². The van der Waals surface area contributed by atoms with E-state index >= 15 is 0 Å². The Morgan fingerprint density at radius 3 is 2.43 bits per heavy atom. The van der Waals surface area contributed by atoms with Crippen molar-refractivity contribution in [2.45, 2.75) is 13.3 Å². The van der Waals surface area contributed by atoms with Crippen LogP contribution in [-0.4, -0.2) is 28.5 Å². The van der Waals surface area contributed by atoms with E-state index in [0.717, 1.165) is 12.5 Å². The van der Waals surface area contributed by atoms with Gasteiger partial charge in [0.15, 0.2) is 5.11 Å². The molecule has 0 aliphatic heterocycles. The maximum absolute atomic E-state index is 12.1. The van der Waals surface area contributed by atoms with E-state index in [1.54, 1.807) is 24.3 Å². The summed E-state index contributed by atoms with van der Waals surface area (Å²) in [6.07, 6.45) is 0.881. The zero-order chi connectivity index (χ0) is 20.5. The highest BCUT2D eigenvalue weighted by Crippen LogP contribution is 2.13. The molecular weight excluding hydrogens is 384 g/mol. The van der Waals surface area contributed by atoms with E-state index in [4.69, 9.17) is 17.0 Å². The number of nitro benzene ring substituents is 1. The summed E-state index contributed by atoms with van der Waals surface area (Å²) < 4.78 is 5.44. The van der Waals surface area contributed by atoms with Gasteiger partial charge in [-0.15, -0.1) is 0 Å². The summed E-state index contributed by atoms with van der Waals surface area (Å²) in [5.74, 6) is -0.451. The van der Waals surface area contributed by atoms with Gasteiger partial charge in [0.2, 0.25) is 0 Å². The average Bonchev–Trinajstić information content (AvgIpc) is 2.70. The highest BCUT2D eigenvalue weighted by molar-refractivity contribution is 7.80. The van der Waals surface area contributed by atoms with E-state index < -0.39 is 16.7 Å². The van der Waals surface area contributed by atoms with Crippen LogP contribution in [0.25, 0.3) is 0 Å². The number of hydrogen-bond donors (Lipinski definition) is 3. The Bertz CT molecular complexity index is 886. The highest BCUT2D eigenvalue weighted by Gasteiger charge is 2.13. The SMILES string of the molecule is CCCOc1ccc(C(=O)NNC(=S)NC(=O)c2cccc([N+](=O)[O-])c2)cc1. The first-order valence-electron chi connectivity index (χ1n) is 8.29. The van der Waals surface area contributed by atoms with E-state index in [1.165, 1.54) is 18.2 Å². The molecule has 0 aliphatic carbocycles. The topological polar surface area (TPSA) is 123 Å². The molecule has 0 saturated carbocycles. The van der Waals surface area contributed by atoms with Gasteiger partial charge in [-0.25, -0.2) is 0 Å². The molecule has 0 spiro atoms. The second-order valence-corrected chi connectivity index (χ2v) is 5.95. The summed E-state index contributed by atoms with van der Waals surface area (Å²) in [7, 11) is 0. The number of carbonyl (C=O) groups excluding carboxylic acids is 2. The van der Waals surface area contributed by atoms with Crippen molar-refractivity contribution >= 4 is 34.8 Å². The van der Waals surface area contributed by atoms with Gasteiger partial charge in [0.1, 0.15) is 5.75 Å². The van der Waals surface area contributed by atoms with Crippen LogP contribution in [0.2, 0.25) is 0 Å². The third kappa shape index (κ3) is 6.02. The number of nitrogens with one attached hydrogen (secondary N) is 3. The van der Waals surface area contributed by atoms with Gasteiger partial charge in [-0.3, -0.25) is 35.9 Å². The lowest BCUT2D eigenvalue weighted by Gasteiger charge is -2.11. The fourth-order valence-electron chi connectivity index (χ4n) is 2.08. The number of amides is 2. The van der Waals surface area contributed by atoms with E-state index in [1.807, 2.05) is 6.92 Å². The molecule has 0 bridgehead atoms. The molecule has 2 rings (SSSR count). The summed E-state index contributed by atoms with van der Waals surface area (Å²) in [5.41, 5.74) is 4.97. The summed E-state index contributed by atoms with van der Waals surface area (Å²) in [5, 5.41) is 12.9. The molecule has 0 aromatic heterocycles. The first-order chi connectivity index (χ1) is 13.4. The fraction of sp³-hybridized carbons (Fsp3) is 0.167. The number of rotatable bonds is 6. The number of benzene rings is 2. The monoisotopic (exact) mass is 402 g/mol. The van der Waals surface area contributed by atoms with Crippen LogP contribution in [0.3, 0.4) is 0 Å². The second kappa shape index (κ2) is 9.97. The van der Waals surface area contributed by atoms with Gasteiger partial charge in [-0.1, -0.05) is 13.0 Å². The lowest BCUT2D eigenvalue weighted by Crippen LogP contribution is -2.48. The third-order valence-corrected chi connectivity index (χ3v) is 3.63. The zero-order valence-corrected chi connectivity index (χ0v) is 15.7. The van der Waals surface area contributed by atoms with Crippen LogP contribution in [0.4, 0.5) is 5.69 Å². The molecular formula is C18H18N4O5S. The Morgan fingerprint density at radius 2 is 1.79 bits per heavy atom. The number of nitro groups is 1. The average molecular weight is 402 g/mol. The lowest BCUT2D eigenvalue weighted by atomic mass is 10.2. The normalized spacial score (nSPS) is 9.89. The summed E-state index contributed by atoms with van der Waals surface area (Å²) >= 11 is 4.94. The van der Waals surface area contributed by atoms with Crippen molar-refractivity contribution in [3.8, 4) is 5.75 Å². The molecule has 3 N–H and O–H groups in total. The van der Waals surface area contributed by atoms with Crippen LogP contribution in [0.1, 0.15) is 34.1 Å². The number of hydrazine groups is 1. The molecule has 0 radical (unpaired) electrons. The molecule has 0 aliphatic rings. The van der Waals surface area contributed by atoms with Crippen molar-refractivity contribution in [3.05, 3.63) is 69.8 Å². The van der Waals surface area contributed by atoms with Gasteiger partial charge in [0, 0.05) is 23.3 Å². The maximum atomic E-state index is 12.1. The van der Waals surface area contributed by atoms with Crippen LogP contribution >= 0.6 is 12.2 Å². The minimum Gasteiger partial charge on any atom is -0.494 e. The number of hydrogen-bond acceptors (Lipinski definition) is 6. The Hall–Kier alpha value is -3.53. The maximum Gasteiger partial charge on any atom is 0.270 e. The molecule has 0 unspecified atom stereocenters. The van der Waals surface area contributed by atoms with Crippen LogP contribution in [-0.2, 0) is 0 Å². The number of ether oxygens (including phenoxy) is 1. The lowest BCUT2D eigenvalue weighted by molar-refractivity contribution is -0.384. The number of non-ortho nitro benzene ring substituents is 1. The largest absolute Gasteiger partial charge is 0.494 e. The molecule has 2 aromatic rings. The molecule has 28 heavy (non-hydrogen) atoms. The van der Waals surface area contributed by atoms with Crippen molar-refractivity contribution in [1.82, 2.24) is 16.2 Å². The minimum absolute atomic E-state index is 0.0624. The predicted molar refractivity (Wildman–Crippen MR) is 106 cm³/mol. The first-order valence-corrected chi connectivity index (χ1v) is 8.70. The smallest absolute Gasteiger partial charge is 0.270 e. The van der Waals surface area contributed by atoms with Crippen molar-refractivity contribution in [2.24, 2.45) is 0 Å². The van der Waals surface area contributed by atoms with Crippen LogP contribution in [0, 0.1) is 10.1 Å². The zero-order valence-electron chi connectivity index (χ0n) is 14.9. The molecule has 0 atom stereocenters. The summed E-state index contributed by atoms with van der Waals surface area (Å²) in [6, 6.07) is 11.7. The Morgan fingerprint density at radius 1 is 1.07 bits per heavy atom. The Labute approximate surface area is 166 Å². The van der Waals surface area contributed by atoms with Crippen molar-refractivity contribution < 1.29 is 19.2 Å². The van der Waals surface area contributed by atoms with Gasteiger partial charge in [-0.05, 0) is 49.0 Å². The molecule has 0 fully saturated rings. The Balaban J connectivity index is 1.86. The number of carbonyl (C=O) groups is 2.